The lowest BCUT2D eigenvalue weighted by Crippen LogP contribution is -2.33. The van der Waals surface area contributed by atoms with Crippen molar-refractivity contribution < 1.29 is 4.79 Å². The van der Waals surface area contributed by atoms with Gasteiger partial charge in [0, 0.05) is 18.4 Å². The fraction of sp³-hybridized carbons (Fsp3) is 0.500. The average Bonchev–Trinajstić information content (AvgIpc) is 2.76. The van der Waals surface area contributed by atoms with Crippen molar-refractivity contribution in [3.05, 3.63) is 17.3 Å². The van der Waals surface area contributed by atoms with E-state index in [2.05, 4.69) is 29.1 Å². The van der Waals surface area contributed by atoms with Gasteiger partial charge in [0.25, 0.3) is 5.91 Å². The van der Waals surface area contributed by atoms with E-state index in [4.69, 9.17) is 5.73 Å². The van der Waals surface area contributed by atoms with Crippen LogP contribution in [0.4, 0.5) is 5.69 Å². The maximum Gasteiger partial charge on any atom is 0.263 e. The minimum atomic E-state index is -0.136. The second-order valence-corrected chi connectivity index (χ2v) is 6.18. The molecule has 2 unspecified atom stereocenters. The SMILES string of the molecule is CCC(C)CC(C)NC(=O)c1sc2nccnc2c1N. The van der Waals surface area contributed by atoms with E-state index in [9.17, 15) is 4.79 Å². The fourth-order valence-corrected chi connectivity index (χ4v) is 3.06. The van der Waals surface area contributed by atoms with Crippen LogP contribution in [0, 0.1) is 5.92 Å². The van der Waals surface area contributed by atoms with Crippen molar-refractivity contribution in [2.75, 3.05) is 5.73 Å². The molecule has 0 radical (unpaired) electrons. The van der Waals surface area contributed by atoms with Gasteiger partial charge in [-0.3, -0.25) is 4.79 Å². The Balaban J connectivity index is 2.13. The summed E-state index contributed by atoms with van der Waals surface area (Å²) < 4.78 is 0. The molecular formula is C14H20N4OS. The number of hydrogen-bond donors (Lipinski definition) is 2. The van der Waals surface area contributed by atoms with Gasteiger partial charge >= 0.3 is 0 Å². The topological polar surface area (TPSA) is 80.9 Å². The standard InChI is InChI=1S/C14H20N4OS/c1-4-8(2)7-9(3)18-13(19)12-10(15)11-14(20-12)17-6-5-16-11/h5-6,8-9H,4,7,15H2,1-3H3,(H,18,19). The molecule has 0 aliphatic carbocycles. The predicted molar refractivity (Wildman–Crippen MR) is 82.8 cm³/mol. The molecule has 2 heterocycles. The summed E-state index contributed by atoms with van der Waals surface area (Å²) in [6, 6.07) is 0.128. The van der Waals surface area contributed by atoms with Crippen LogP contribution in [-0.2, 0) is 0 Å². The molecule has 2 atom stereocenters. The first-order chi connectivity index (χ1) is 9.52. The van der Waals surface area contributed by atoms with Gasteiger partial charge in [-0.05, 0) is 19.3 Å². The summed E-state index contributed by atoms with van der Waals surface area (Å²) in [6.07, 6.45) is 5.26. The number of aromatic nitrogens is 2. The zero-order chi connectivity index (χ0) is 14.7. The van der Waals surface area contributed by atoms with E-state index < -0.39 is 0 Å². The largest absolute Gasteiger partial charge is 0.396 e. The number of amides is 1. The summed E-state index contributed by atoms with van der Waals surface area (Å²) in [5.41, 5.74) is 7.02. The molecule has 108 valence electrons. The van der Waals surface area contributed by atoms with E-state index >= 15 is 0 Å². The summed E-state index contributed by atoms with van der Waals surface area (Å²) in [6.45, 7) is 6.36. The Morgan fingerprint density at radius 3 is 2.75 bits per heavy atom. The smallest absolute Gasteiger partial charge is 0.263 e. The zero-order valence-electron chi connectivity index (χ0n) is 12.0. The quantitative estimate of drug-likeness (QED) is 0.888. The highest BCUT2D eigenvalue weighted by Crippen LogP contribution is 2.30. The molecule has 2 aromatic rings. The van der Waals surface area contributed by atoms with Gasteiger partial charge < -0.3 is 11.1 Å². The number of carbonyl (C=O) groups excluding carboxylic acids is 1. The molecule has 0 aliphatic rings. The minimum absolute atomic E-state index is 0.128. The number of fused-ring (bicyclic) bond motifs is 1. The number of rotatable bonds is 5. The Bertz CT molecular complexity index is 610. The summed E-state index contributed by atoms with van der Waals surface area (Å²) in [5, 5.41) is 3.00. The maximum atomic E-state index is 12.3. The molecule has 0 aromatic carbocycles. The Morgan fingerprint density at radius 2 is 2.10 bits per heavy atom. The Morgan fingerprint density at radius 1 is 1.40 bits per heavy atom. The molecule has 5 nitrogen and oxygen atoms in total. The summed E-state index contributed by atoms with van der Waals surface area (Å²) in [5.74, 6) is 0.455. The van der Waals surface area contributed by atoms with E-state index in [1.165, 1.54) is 11.3 Å². The van der Waals surface area contributed by atoms with Crippen LogP contribution in [-0.4, -0.2) is 21.9 Å². The molecule has 1 amide bonds. The third-order valence-electron chi connectivity index (χ3n) is 3.40. The van der Waals surface area contributed by atoms with Crippen molar-refractivity contribution >= 4 is 33.3 Å². The van der Waals surface area contributed by atoms with Crippen LogP contribution < -0.4 is 11.1 Å². The summed E-state index contributed by atoms with van der Waals surface area (Å²) >= 11 is 1.29. The van der Waals surface area contributed by atoms with Crippen LogP contribution in [0.2, 0.25) is 0 Å². The number of hydrogen-bond acceptors (Lipinski definition) is 5. The number of carbonyl (C=O) groups is 1. The van der Waals surface area contributed by atoms with Crippen LogP contribution in [0.25, 0.3) is 10.3 Å². The molecule has 2 aromatic heterocycles. The first-order valence-corrected chi connectivity index (χ1v) is 7.64. The molecule has 0 saturated heterocycles. The van der Waals surface area contributed by atoms with Gasteiger partial charge in [-0.25, -0.2) is 9.97 Å². The monoisotopic (exact) mass is 292 g/mol. The number of nitrogens with zero attached hydrogens (tertiary/aromatic N) is 2. The highest BCUT2D eigenvalue weighted by atomic mass is 32.1. The summed E-state index contributed by atoms with van der Waals surface area (Å²) in [4.78, 5) is 21.8. The van der Waals surface area contributed by atoms with Crippen molar-refractivity contribution in [1.82, 2.24) is 15.3 Å². The third-order valence-corrected chi connectivity index (χ3v) is 4.50. The first-order valence-electron chi connectivity index (χ1n) is 6.82. The zero-order valence-corrected chi connectivity index (χ0v) is 12.8. The molecule has 0 fully saturated rings. The molecule has 2 rings (SSSR count). The summed E-state index contributed by atoms with van der Waals surface area (Å²) in [7, 11) is 0. The van der Waals surface area contributed by atoms with E-state index in [1.54, 1.807) is 12.4 Å². The number of nitrogen functional groups attached to an aromatic ring is 1. The number of anilines is 1. The van der Waals surface area contributed by atoms with Gasteiger partial charge in [-0.15, -0.1) is 11.3 Å². The van der Waals surface area contributed by atoms with E-state index in [0.717, 1.165) is 12.8 Å². The minimum Gasteiger partial charge on any atom is -0.396 e. The Labute approximate surface area is 122 Å². The van der Waals surface area contributed by atoms with Crippen LogP contribution in [0.3, 0.4) is 0 Å². The van der Waals surface area contributed by atoms with Crippen molar-refractivity contribution in [1.29, 1.82) is 0 Å². The van der Waals surface area contributed by atoms with Gasteiger partial charge in [-0.1, -0.05) is 20.3 Å². The second-order valence-electron chi connectivity index (χ2n) is 5.18. The van der Waals surface area contributed by atoms with E-state index in [-0.39, 0.29) is 11.9 Å². The number of nitrogens with two attached hydrogens (primary N) is 1. The first kappa shape index (κ1) is 14.7. The molecule has 6 heteroatoms. The lowest BCUT2D eigenvalue weighted by Gasteiger charge is -2.17. The molecule has 0 spiro atoms. The van der Waals surface area contributed by atoms with Gasteiger partial charge in [0.2, 0.25) is 0 Å². The molecule has 0 bridgehead atoms. The predicted octanol–water partition coefficient (Wildman–Crippen LogP) is 2.83. The van der Waals surface area contributed by atoms with Crippen LogP contribution >= 0.6 is 11.3 Å². The maximum absolute atomic E-state index is 12.3. The lowest BCUT2D eigenvalue weighted by molar-refractivity contribution is 0.0940. The van der Waals surface area contributed by atoms with Crippen molar-refractivity contribution in [2.45, 2.75) is 39.7 Å². The highest BCUT2D eigenvalue weighted by molar-refractivity contribution is 7.21. The van der Waals surface area contributed by atoms with Crippen LogP contribution in [0.15, 0.2) is 12.4 Å². The third kappa shape index (κ3) is 3.07. The van der Waals surface area contributed by atoms with Crippen molar-refractivity contribution in [3.8, 4) is 0 Å². The molecule has 0 aliphatic heterocycles. The highest BCUT2D eigenvalue weighted by Gasteiger charge is 2.19. The second kappa shape index (κ2) is 6.17. The van der Waals surface area contributed by atoms with Crippen LogP contribution in [0.5, 0.6) is 0 Å². The molecular weight excluding hydrogens is 272 g/mol. The van der Waals surface area contributed by atoms with Crippen molar-refractivity contribution in [3.63, 3.8) is 0 Å². The number of thiophene rings is 1. The molecule has 3 N–H and O–H groups in total. The molecule has 20 heavy (non-hydrogen) atoms. The van der Waals surface area contributed by atoms with Gasteiger partial charge in [0.1, 0.15) is 15.2 Å². The fourth-order valence-electron chi connectivity index (χ4n) is 2.13. The van der Waals surface area contributed by atoms with Crippen LogP contribution in [0.1, 0.15) is 43.3 Å². The average molecular weight is 292 g/mol. The lowest BCUT2D eigenvalue weighted by atomic mass is 10.0. The Kier molecular flexibility index (Phi) is 4.54. The normalized spacial score (nSPS) is 14.2. The molecule has 0 saturated carbocycles. The number of nitrogens with one attached hydrogen (secondary N) is 1. The van der Waals surface area contributed by atoms with E-state index in [1.807, 2.05) is 6.92 Å². The van der Waals surface area contributed by atoms with Crippen molar-refractivity contribution in [2.24, 2.45) is 5.92 Å². The van der Waals surface area contributed by atoms with E-state index in [0.29, 0.717) is 26.8 Å². The van der Waals surface area contributed by atoms with Gasteiger partial charge in [-0.2, -0.15) is 0 Å². The van der Waals surface area contributed by atoms with Gasteiger partial charge in [0.15, 0.2) is 0 Å². The van der Waals surface area contributed by atoms with Gasteiger partial charge in [0.05, 0.1) is 5.69 Å². The Hall–Kier alpha value is -1.69.